The minimum Gasteiger partial charge on any atom is -0.396 e. The zero-order valence-electron chi connectivity index (χ0n) is 9.95. The third kappa shape index (κ3) is 3.18. The van der Waals surface area contributed by atoms with E-state index in [0.717, 1.165) is 0 Å². The van der Waals surface area contributed by atoms with Crippen molar-refractivity contribution in [2.75, 3.05) is 11.1 Å². The lowest BCUT2D eigenvalue weighted by Gasteiger charge is -2.11. The van der Waals surface area contributed by atoms with Gasteiger partial charge in [-0.3, -0.25) is 0 Å². The van der Waals surface area contributed by atoms with Gasteiger partial charge in [0.2, 0.25) is 10.0 Å². The molecule has 0 spiro atoms. The molecule has 2 rings (SSSR count). The molecule has 0 aliphatic carbocycles. The Kier molecular flexibility index (Phi) is 3.63. The van der Waals surface area contributed by atoms with E-state index in [0.29, 0.717) is 17.9 Å². The van der Waals surface area contributed by atoms with E-state index in [1.165, 1.54) is 6.07 Å². The number of nitrogens with zero attached hydrogens (tertiary/aromatic N) is 2. The van der Waals surface area contributed by atoms with Gasteiger partial charge in [-0.25, -0.2) is 13.6 Å². The largest absolute Gasteiger partial charge is 0.396 e. The lowest BCUT2D eigenvalue weighted by Crippen LogP contribution is -2.15. The zero-order chi connectivity index (χ0) is 13.9. The topological polar surface area (TPSA) is 124 Å². The summed E-state index contributed by atoms with van der Waals surface area (Å²) in [7, 11) is -3.83. The molecule has 8 heteroatoms. The summed E-state index contributed by atoms with van der Waals surface area (Å²) in [6, 6.07) is 8.14. The van der Waals surface area contributed by atoms with Gasteiger partial charge in [0.05, 0.1) is 23.6 Å². The molecule has 0 aliphatic rings. The molecule has 0 fully saturated rings. The first-order valence-electron chi connectivity index (χ1n) is 5.40. The SMILES string of the molecule is Nc1c(NCc2cccnn2)cccc1S(N)(=O)=O. The summed E-state index contributed by atoms with van der Waals surface area (Å²) in [4.78, 5) is -0.100. The van der Waals surface area contributed by atoms with E-state index in [1.807, 2.05) is 0 Å². The highest BCUT2D eigenvalue weighted by Crippen LogP contribution is 2.25. The first kappa shape index (κ1) is 13.2. The predicted octanol–water partition coefficient (Wildman–Crippen LogP) is 0.318. The molecule has 19 heavy (non-hydrogen) atoms. The Bertz CT molecular complexity index is 673. The number of nitrogens with one attached hydrogen (secondary N) is 1. The minimum absolute atomic E-state index is 0.0916. The van der Waals surface area contributed by atoms with Crippen molar-refractivity contribution in [3.63, 3.8) is 0 Å². The molecule has 0 atom stereocenters. The van der Waals surface area contributed by atoms with Gasteiger partial charge in [-0.15, -0.1) is 0 Å². The molecule has 0 unspecified atom stereocenters. The third-order valence-electron chi connectivity index (χ3n) is 2.46. The van der Waals surface area contributed by atoms with Crippen molar-refractivity contribution in [1.82, 2.24) is 10.2 Å². The fourth-order valence-electron chi connectivity index (χ4n) is 1.56. The second kappa shape index (κ2) is 5.21. The molecule has 0 saturated heterocycles. The fourth-order valence-corrected chi connectivity index (χ4v) is 2.24. The van der Waals surface area contributed by atoms with Crippen LogP contribution in [0.5, 0.6) is 0 Å². The Hall–Kier alpha value is -2.19. The second-order valence-corrected chi connectivity index (χ2v) is 5.36. The number of hydrogen-bond acceptors (Lipinski definition) is 6. The molecule has 0 bridgehead atoms. The van der Waals surface area contributed by atoms with Crippen LogP contribution >= 0.6 is 0 Å². The summed E-state index contributed by atoms with van der Waals surface area (Å²) < 4.78 is 22.7. The van der Waals surface area contributed by atoms with E-state index in [1.54, 1.807) is 30.5 Å². The number of para-hydroxylation sites is 1. The maximum absolute atomic E-state index is 11.3. The number of benzene rings is 1. The highest BCUT2D eigenvalue weighted by molar-refractivity contribution is 7.89. The molecule has 7 nitrogen and oxygen atoms in total. The van der Waals surface area contributed by atoms with Crippen LogP contribution < -0.4 is 16.2 Å². The summed E-state index contributed by atoms with van der Waals surface area (Å²) >= 11 is 0. The molecule has 0 amide bonds. The molecule has 5 N–H and O–H groups in total. The Morgan fingerprint density at radius 2 is 2.00 bits per heavy atom. The molecule has 1 aromatic carbocycles. The van der Waals surface area contributed by atoms with E-state index >= 15 is 0 Å². The fraction of sp³-hybridized carbons (Fsp3) is 0.0909. The number of primary sulfonamides is 1. The Morgan fingerprint density at radius 3 is 2.63 bits per heavy atom. The van der Waals surface area contributed by atoms with Crippen molar-refractivity contribution in [2.24, 2.45) is 5.14 Å². The van der Waals surface area contributed by atoms with E-state index < -0.39 is 10.0 Å². The van der Waals surface area contributed by atoms with E-state index in [4.69, 9.17) is 10.9 Å². The molecular formula is C11H13N5O2S. The van der Waals surface area contributed by atoms with Gasteiger partial charge in [-0.05, 0) is 24.3 Å². The first-order chi connectivity index (χ1) is 8.98. The quantitative estimate of drug-likeness (QED) is 0.692. The molecule has 0 aliphatic heterocycles. The summed E-state index contributed by atoms with van der Waals surface area (Å²) in [5, 5.41) is 15.7. The van der Waals surface area contributed by atoms with Crippen LogP contribution in [-0.4, -0.2) is 18.6 Å². The average Bonchev–Trinajstić information content (AvgIpc) is 2.37. The highest BCUT2D eigenvalue weighted by Gasteiger charge is 2.14. The average molecular weight is 279 g/mol. The van der Waals surface area contributed by atoms with Gasteiger partial charge in [0.1, 0.15) is 4.90 Å². The zero-order valence-corrected chi connectivity index (χ0v) is 10.8. The van der Waals surface area contributed by atoms with Crippen molar-refractivity contribution in [3.05, 3.63) is 42.2 Å². The molecule has 0 radical (unpaired) electrons. The van der Waals surface area contributed by atoms with Crippen molar-refractivity contribution in [3.8, 4) is 0 Å². The second-order valence-electron chi connectivity index (χ2n) is 3.83. The summed E-state index contributed by atoms with van der Waals surface area (Å²) in [6.07, 6.45) is 1.57. The van der Waals surface area contributed by atoms with Crippen molar-refractivity contribution < 1.29 is 8.42 Å². The van der Waals surface area contributed by atoms with Crippen molar-refractivity contribution in [1.29, 1.82) is 0 Å². The van der Waals surface area contributed by atoms with Crippen LogP contribution in [0.15, 0.2) is 41.4 Å². The van der Waals surface area contributed by atoms with Gasteiger partial charge < -0.3 is 11.1 Å². The van der Waals surface area contributed by atoms with Crippen LogP contribution in [0.1, 0.15) is 5.69 Å². The predicted molar refractivity (Wildman–Crippen MR) is 71.6 cm³/mol. The van der Waals surface area contributed by atoms with E-state index in [9.17, 15) is 8.42 Å². The number of nitrogen functional groups attached to an aromatic ring is 1. The standard InChI is InChI=1S/C11H13N5O2S/c12-11-9(4-1-5-10(11)19(13,17)18)14-7-8-3-2-6-15-16-8/h1-6,14H,7,12H2,(H2,13,17,18). The van der Waals surface area contributed by atoms with Crippen LogP contribution in [0.4, 0.5) is 11.4 Å². The Morgan fingerprint density at radius 1 is 1.21 bits per heavy atom. The Balaban J connectivity index is 2.23. The molecule has 100 valence electrons. The molecule has 1 aromatic heterocycles. The van der Waals surface area contributed by atoms with Crippen LogP contribution in [0.25, 0.3) is 0 Å². The molecule has 2 aromatic rings. The van der Waals surface area contributed by atoms with E-state index in [-0.39, 0.29) is 10.6 Å². The molecule has 1 heterocycles. The van der Waals surface area contributed by atoms with Crippen molar-refractivity contribution >= 4 is 21.4 Å². The lowest BCUT2D eigenvalue weighted by molar-refractivity contribution is 0.598. The van der Waals surface area contributed by atoms with Gasteiger partial charge >= 0.3 is 0 Å². The normalized spacial score (nSPS) is 11.2. The smallest absolute Gasteiger partial charge is 0.240 e. The summed E-state index contributed by atoms with van der Waals surface area (Å²) in [5.41, 5.74) is 7.06. The number of sulfonamides is 1. The Labute approximate surface area is 110 Å². The number of anilines is 2. The lowest BCUT2D eigenvalue weighted by atomic mass is 10.2. The third-order valence-corrected chi connectivity index (χ3v) is 3.43. The van der Waals surface area contributed by atoms with Crippen LogP contribution in [0.3, 0.4) is 0 Å². The molecule has 0 saturated carbocycles. The summed E-state index contributed by atoms with van der Waals surface area (Å²) in [6.45, 7) is 0.381. The number of nitrogens with two attached hydrogens (primary N) is 2. The van der Waals surface area contributed by atoms with Gasteiger partial charge in [0, 0.05) is 6.20 Å². The van der Waals surface area contributed by atoms with Crippen LogP contribution in [0.2, 0.25) is 0 Å². The van der Waals surface area contributed by atoms with Gasteiger partial charge in [-0.1, -0.05) is 6.07 Å². The first-order valence-corrected chi connectivity index (χ1v) is 6.95. The maximum atomic E-state index is 11.3. The molecular weight excluding hydrogens is 266 g/mol. The van der Waals surface area contributed by atoms with Gasteiger partial charge in [0.15, 0.2) is 0 Å². The van der Waals surface area contributed by atoms with E-state index in [2.05, 4.69) is 15.5 Å². The summed E-state index contributed by atoms with van der Waals surface area (Å²) in [5.74, 6) is 0. The monoisotopic (exact) mass is 279 g/mol. The van der Waals surface area contributed by atoms with Crippen LogP contribution in [-0.2, 0) is 16.6 Å². The highest BCUT2D eigenvalue weighted by atomic mass is 32.2. The number of aromatic nitrogens is 2. The number of hydrogen-bond donors (Lipinski definition) is 3. The van der Waals surface area contributed by atoms with Gasteiger partial charge in [-0.2, -0.15) is 10.2 Å². The number of rotatable bonds is 4. The van der Waals surface area contributed by atoms with Crippen molar-refractivity contribution in [2.45, 2.75) is 11.4 Å². The minimum atomic E-state index is -3.83. The maximum Gasteiger partial charge on any atom is 0.240 e. The van der Waals surface area contributed by atoms with Crippen LogP contribution in [0, 0.1) is 0 Å². The van der Waals surface area contributed by atoms with Gasteiger partial charge in [0.25, 0.3) is 0 Å².